The van der Waals surface area contributed by atoms with Crippen molar-refractivity contribution in [3.63, 3.8) is 0 Å². The van der Waals surface area contributed by atoms with Crippen LogP contribution in [0.25, 0.3) is 10.9 Å². The number of aromatic nitrogens is 1. The van der Waals surface area contributed by atoms with Crippen LogP contribution in [-0.2, 0) is 6.54 Å². The summed E-state index contributed by atoms with van der Waals surface area (Å²) in [5.74, 6) is 0.810. The molecule has 4 nitrogen and oxygen atoms in total. The highest BCUT2D eigenvalue weighted by Crippen LogP contribution is 2.20. The molecule has 0 radical (unpaired) electrons. The molecule has 24 heavy (non-hydrogen) atoms. The zero-order valence-corrected chi connectivity index (χ0v) is 14.3. The van der Waals surface area contributed by atoms with Crippen molar-refractivity contribution in [3.05, 3.63) is 69.5 Å². The van der Waals surface area contributed by atoms with Crippen LogP contribution in [-0.4, -0.2) is 11.6 Å². The maximum Gasteiger partial charge on any atom is 0.253 e. The Morgan fingerprint density at radius 3 is 2.67 bits per heavy atom. The van der Waals surface area contributed by atoms with Crippen LogP contribution in [0.5, 0.6) is 5.75 Å². The third-order valence-corrected chi connectivity index (χ3v) is 4.05. The summed E-state index contributed by atoms with van der Waals surface area (Å²) in [6, 6.07) is 13.9. The van der Waals surface area contributed by atoms with Gasteiger partial charge in [-0.05, 0) is 56.7 Å². The minimum atomic E-state index is -0.0658. The lowest BCUT2D eigenvalue weighted by molar-refractivity contribution is 0.340. The first-order valence-corrected chi connectivity index (χ1v) is 8.16. The number of anilines is 1. The Morgan fingerprint density at radius 2 is 1.92 bits per heavy atom. The van der Waals surface area contributed by atoms with Gasteiger partial charge in [0.15, 0.2) is 0 Å². The van der Waals surface area contributed by atoms with E-state index in [1.165, 1.54) is 11.1 Å². The number of benzene rings is 2. The smallest absolute Gasteiger partial charge is 0.253 e. The van der Waals surface area contributed by atoms with Crippen LogP contribution >= 0.6 is 0 Å². The SMILES string of the molecule is CCOc1ccc2[nH]c(=O)c(CNc3ccc(C)cc3C)cc2c1. The third kappa shape index (κ3) is 3.43. The first-order valence-electron chi connectivity index (χ1n) is 8.16. The van der Waals surface area contributed by atoms with Crippen molar-refractivity contribution in [2.24, 2.45) is 0 Å². The second-order valence-corrected chi connectivity index (χ2v) is 5.98. The van der Waals surface area contributed by atoms with E-state index in [0.717, 1.165) is 22.3 Å². The molecular weight excluding hydrogens is 300 g/mol. The highest BCUT2D eigenvalue weighted by molar-refractivity contribution is 5.80. The minimum Gasteiger partial charge on any atom is -0.494 e. The van der Waals surface area contributed by atoms with Gasteiger partial charge < -0.3 is 15.0 Å². The Balaban J connectivity index is 1.88. The van der Waals surface area contributed by atoms with Crippen molar-refractivity contribution in [1.29, 1.82) is 0 Å². The average Bonchev–Trinajstić information content (AvgIpc) is 2.55. The lowest BCUT2D eigenvalue weighted by atomic mass is 10.1. The Kier molecular flexibility index (Phi) is 4.56. The van der Waals surface area contributed by atoms with E-state index in [9.17, 15) is 4.79 Å². The number of fused-ring (bicyclic) bond motifs is 1. The van der Waals surface area contributed by atoms with Gasteiger partial charge in [0.25, 0.3) is 5.56 Å². The molecule has 0 amide bonds. The maximum atomic E-state index is 12.3. The standard InChI is InChI=1S/C20H22N2O2/c1-4-24-17-6-8-19-15(11-17)10-16(20(23)22-19)12-21-18-7-5-13(2)9-14(18)3/h5-11,21H,4,12H2,1-3H3,(H,22,23). The molecule has 0 saturated heterocycles. The first-order chi connectivity index (χ1) is 11.6. The first kappa shape index (κ1) is 16.1. The fraction of sp³-hybridized carbons (Fsp3) is 0.250. The van der Waals surface area contributed by atoms with Crippen LogP contribution in [0.15, 0.2) is 47.3 Å². The zero-order chi connectivity index (χ0) is 17.1. The fourth-order valence-corrected chi connectivity index (χ4v) is 2.82. The van der Waals surface area contributed by atoms with Crippen molar-refractivity contribution in [1.82, 2.24) is 4.98 Å². The van der Waals surface area contributed by atoms with Crippen LogP contribution in [0.1, 0.15) is 23.6 Å². The lowest BCUT2D eigenvalue weighted by Crippen LogP contribution is -2.16. The van der Waals surface area contributed by atoms with Crippen LogP contribution in [0, 0.1) is 13.8 Å². The van der Waals surface area contributed by atoms with E-state index in [1.54, 1.807) is 0 Å². The number of pyridine rings is 1. The molecule has 0 saturated carbocycles. The Morgan fingerprint density at radius 1 is 1.08 bits per heavy atom. The molecule has 0 fully saturated rings. The number of nitrogens with one attached hydrogen (secondary N) is 2. The van der Waals surface area contributed by atoms with Gasteiger partial charge in [0.1, 0.15) is 5.75 Å². The second kappa shape index (κ2) is 6.79. The van der Waals surface area contributed by atoms with Crippen LogP contribution in [0.4, 0.5) is 5.69 Å². The summed E-state index contributed by atoms with van der Waals surface area (Å²) in [6.07, 6.45) is 0. The Labute approximate surface area is 141 Å². The molecule has 0 bridgehead atoms. The van der Waals surface area contributed by atoms with Gasteiger partial charge in [-0.1, -0.05) is 17.7 Å². The van der Waals surface area contributed by atoms with Crippen molar-refractivity contribution in [2.45, 2.75) is 27.3 Å². The van der Waals surface area contributed by atoms with E-state index in [2.05, 4.69) is 36.3 Å². The van der Waals surface area contributed by atoms with Crippen molar-refractivity contribution < 1.29 is 4.74 Å². The minimum absolute atomic E-state index is 0.0658. The molecule has 1 heterocycles. The van der Waals surface area contributed by atoms with Crippen molar-refractivity contribution >= 4 is 16.6 Å². The lowest BCUT2D eigenvalue weighted by Gasteiger charge is -2.11. The molecule has 0 spiro atoms. The van der Waals surface area contributed by atoms with Crippen molar-refractivity contribution in [3.8, 4) is 5.75 Å². The molecule has 0 aliphatic heterocycles. The molecular formula is C20H22N2O2. The van der Waals surface area contributed by atoms with E-state index in [-0.39, 0.29) is 5.56 Å². The van der Waals surface area contributed by atoms with Crippen LogP contribution in [0.2, 0.25) is 0 Å². The van der Waals surface area contributed by atoms with Crippen molar-refractivity contribution in [2.75, 3.05) is 11.9 Å². The number of aryl methyl sites for hydroxylation is 2. The van der Waals surface area contributed by atoms with Gasteiger partial charge in [-0.15, -0.1) is 0 Å². The number of hydrogen-bond donors (Lipinski definition) is 2. The van der Waals surface area contributed by atoms with Gasteiger partial charge in [-0.25, -0.2) is 0 Å². The third-order valence-electron chi connectivity index (χ3n) is 4.05. The molecule has 3 aromatic rings. The summed E-state index contributed by atoms with van der Waals surface area (Å²) in [5.41, 5.74) is 4.90. The van der Waals surface area contributed by atoms with E-state index in [1.807, 2.05) is 37.3 Å². The molecule has 2 aromatic carbocycles. The summed E-state index contributed by atoms with van der Waals surface area (Å²) in [5, 5.41) is 4.32. The predicted molar refractivity (Wildman–Crippen MR) is 99.0 cm³/mol. The van der Waals surface area contributed by atoms with E-state index >= 15 is 0 Å². The molecule has 3 rings (SSSR count). The predicted octanol–water partition coefficient (Wildman–Crippen LogP) is 4.16. The molecule has 0 atom stereocenters. The van der Waals surface area contributed by atoms with Gasteiger partial charge >= 0.3 is 0 Å². The second-order valence-electron chi connectivity index (χ2n) is 5.98. The molecule has 2 N–H and O–H groups in total. The number of rotatable bonds is 5. The largest absolute Gasteiger partial charge is 0.494 e. The summed E-state index contributed by atoms with van der Waals surface area (Å²) in [4.78, 5) is 15.2. The molecule has 124 valence electrons. The average molecular weight is 322 g/mol. The van der Waals surface area contributed by atoms with Gasteiger partial charge in [0.05, 0.1) is 6.61 Å². The van der Waals surface area contributed by atoms with Gasteiger partial charge in [0, 0.05) is 28.7 Å². The highest BCUT2D eigenvalue weighted by Gasteiger charge is 2.05. The Hall–Kier alpha value is -2.75. The summed E-state index contributed by atoms with van der Waals surface area (Å²) >= 11 is 0. The van der Waals surface area contributed by atoms with E-state index in [4.69, 9.17) is 4.74 Å². The molecule has 4 heteroatoms. The summed E-state index contributed by atoms with van der Waals surface area (Å²) in [6.45, 7) is 7.19. The molecule has 1 aromatic heterocycles. The van der Waals surface area contributed by atoms with Crippen LogP contribution < -0.4 is 15.6 Å². The fourth-order valence-electron chi connectivity index (χ4n) is 2.82. The number of aromatic amines is 1. The van der Waals surface area contributed by atoms with Gasteiger partial charge in [-0.2, -0.15) is 0 Å². The Bertz CT molecular complexity index is 929. The topological polar surface area (TPSA) is 54.1 Å². The van der Waals surface area contributed by atoms with E-state index < -0.39 is 0 Å². The van der Waals surface area contributed by atoms with Gasteiger partial charge in [0.2, 0.25) is 0 Å². The highest BCUT2D eigenvalue weighted by atomic mass is 16.5. The van der Waals surface area contributed by atoms with E-state index in [0.29, 0.717) is 18.7 Å². The maximum absolute atomic E-state index is 12.3. The molecule has 0 aliphatic carbocycles. The molecule has 0 unspecified atom stereocenters. The number of ether oxygens (including phenoxy) is 1. The molecule has 0 aliphatic rings. The summed E-state index contributed by atoms with van der Waals surface area (Å²) < 4.78 is 5.53. The quantitative estimate of drug-likeness (QED) is 0.742. The number of H-pyrrole nitrogens is 1. The summed E-state index contributed by atoms with van der Waals surface area (Å²) in [7, 11) is 0. The number of hydrogen-bond acceptors (Lipinski definition) is 3. The monoisotopic (exact) mass is 322 g/mol. The normalized spacial score (nSPS) is 10.8. The van der Waals surface area contributed by atoms with Gasteiger partial charge in [-0.3, -0.25) is 4.79 Å². The van der Waals surface area contributed by atoms with Crippen LogP contribution in [0.3, 0.4) is 0 Å². The zero-order valence-electron chi connectivity index (χ0n) is 14.3.